The highest BCUT2D eigenvalue weighted by Crippen LogP contribution is 2.38. The molecule has 3 saturated heterocycles. The average Bonchev–Trinajstić information content (AvgIpc) is 1.06. The van der Waals surface area contributed by atoms with E-state index in [2.05, 4.69) is 9.97 Å². The van der Waals surface area contributed by atoms with Crippen LogP contribution in [0.2, 0.25) is 0 Å². The third-order valence-corrected chi connectivity index (χ3v) is 18.5. The van der Waals surface area contributed by atoms with E-state index in [1.54, 1.807) is 60.6 Å². The lowest BCUT2D eigenvalue weighted by molar-refractivity contribution is -0.265. The number of cyclic esters (lactones) is 1. The van der Waals surface area contributed by atoms with E-state index in [0.717, 1.165) is 11.1 Å². The molecule has 1 saturated carbocycles. The number of hydrogen-bond donors (Lipinski definition) is 2. The Morgan fingerprint density at radius 1 is 0.805 bits per heavy atom. The number of ether oxygens (including phenoxy) is 7. The summed E-state index contributed by atoms with van der Waals surface area (Å²) in [7, 11) is 6.09. The van der Waals surface area contributed by atoms with Gasteiger partial charge in [-0.05, 0) is 119 Å². The first-order valence-electron chi connectivity index (χ1n) is 31.5. The average molecular weight is 1220 g/mol. The number of aliphatic hydroxyl groups excluding tert-OH is 1. The molecule has 0 unspecified atom stereocenters. The Kier molecular flexibility index (Phi) is 27.5. The second-order valence-electron chi connectivity index (χ2n) is 25.1. The van der Waals surface area contributed by atoms with Crippen LogP contribution in [0.1, 0.15) is 144 Å². The number of allylic oxidation sites excluding steroid dienone is 6. The van der Waals surface area contributed by atoms with Crippen molar-refractivity contribution in [2.75, 3.05) is 72.7 Å². The zero-order valence-corrected chi connectivity index (χ0v) is 53.4. The maximum absolute atomic E-state index is 14.7. The molecule has 1 aliphatic carbocycles. The number of piperazine rings is 1. The Morgan fingerprint density at radius 3 is 2.21 bits per heavy atom. The fraction of sp³-hybridized carbons (Fsp3) is 0.712. The van der Waals surface area contributed by atoms with Crippen molar-refractivity contribution < 1.29 is 76.9 Å². The summed E-state index contributed by atoms with van der Waals surface area (Å²) in [5.74, 6) is -8.27. The number of aliphatic hydroxyl groups is 2. The Balaban J connectivity index is 1.17. The molecule has 1 aromatic rings. The zero-order chi connectivity index (χ0) is 63.5. The standard InChI is InChI=1S/C66H99N5O16/c1-41-17-13-12-14-18-42(2)54(82-9)37-50-23-20-47(7)66(80,87-50)62(77)63(78)71-27-16-15-19-51(71)64(79)86-55(38-52(72)43(3)34-46(6)60(76)61(84-11)59(75)45(5)33-41)44(4)35-48-21-24-53(56(36-48)83-10)85-58(74)25-22-49-39-67-65(68-40-49)70-30-28-69(29-31-70)57(73)26-32-81-8/h12-14,17-18,34,39-41,43-45,47-48,50-51,53-56,60-61,76,80H,15-16,19-33,35-38H2,1-11H3/b14-12+,17-13+,42-18+,46-34+/t41-,43-,44-,45-,47-,48+,50+,51+,53-,54+,55+,56-,60-,61+,66-/m1/s1. The number of rotatable bonds is 14. The van der Waals surface area contributed by atoms with Gasteiger partial charge in [0.05, 0.1) is 31.3 Å². The summed E-state index contributed by atoms with van der Waals surface area (Å²) in [6.07, 6.45) is 14.6. The number of carbonyl (C=O) groups excluding carboxylic acids is 7. The Labute approximate surface area is 515 Å². The van der Waals surface area contributed by atoms with E-state index >= 15 is 0 Å². The van der Waals surface area contributed by atoms with Gasteiger partial charge >= 0.3 is 11.9 Å². The third-order valence-electron chi connectivity index (χ3n) is 18.5. The maximum Gasteiger partial charge on any atom is 0.329 e. The molecule has 15 atom stereocenters. The molecule has 0 aromatic carbocycles. The van der Waals surface area contributed by atoms with E-state index in [9.17, 15) is 43.8 Å². The minimum atomic E-state index is -2.47. The van der Waals surface area contributed by atoms with Gasteiger partial charge in [-0.2, -0.15) is 0 Å². The second kappa shape index (κ2) is 33.9. The monoisotopic (exact) mass is 1220 g/mol. The van der Waals surface area contributed by atoms with Gasteiger partial charge in [0.2, 0.25) is 17.6 Å². The lowest BCUT2D eigenvalue weighted by Gasteiger charge is -2.42. The van der Waals surface area contributed by atoms with Crippen molar-refractivity contribution in [3.8, 4) is 0 Å². The minimum absolute atomic E-state index is 0.00102. The van der Waals surface area contributed by atoms with Gasteiger partial charge in [0, 0.05) is 111 Å². The molecule has 0 radical (unpaired) electrons. The molecule has 0 spiro atoms. The molecule has 87 heavy (non-hydrogen) atoms. The molecule has 484 valence electrons. The molecule has 2 bridgehead atoms. The highest BCUT2D eigenvalue weighted by atomic mass is 16.6. The van der Waals surface area contributed by atoms with Crippen molar-refractivity contribution in [1.29, 1.82) is 0 Å². The van der Waals surface area contributed by atoms with Crippen LogP contribution < -0.4 is 4.90 Å². The van der Waals surface area contributed by atoms with Crippen LogP contribution in [0.25, 0.3) is 0 Å². The van der Waals surface area contributed by atoms with Crippen LogP contribution in [0.5, 0.6) is 0 Å². The van der Waals surface area contributed by atoms with Crippen molar-refractivity contribution in [2.24, 2.45) is 35.5 Å². The molecule has 21 nitrogen and oxygen atoms in total. The van der Waals surface area contributed by atoms with E-state index < -0.39 is 95.9 Å². The third kappa shape index (κ3) is 19.5. The largest absolute Gasteiger partial charge is 0.460 e. The summed E-state index contributed by atoms with van der Waals surface area (Å²) in [5.41, 5.74) is 2.00. The number of amides is 2. The van der Waals surface area contributed by atoms with E-state index in [4.69, 9.17) is 33.2 Å². The number of esters is 2. The Morgan fingerprint density at radius 2 is 1.53 bits per heavy atom. The number of ketones is 3. The quantitative estimate of drug-likeness (QED) is 0.110. The van der Waals surface area contributed by atoms with Gasteiger partial charge in [-0.1, -0.05) is 71.1 Å². The number of Topliss-reactive ketones (excluding diaryl/α,β-unsaturated/α-hetero) is 3. The summed E-state index contributed by atoms with van der Waals surface area (Å²) in [5, 5.41) is 23.7. The van der Waals surface area contributed by atoms with Crippen LogP contribution in [-0.2, 0) is 73.1 Å². The van der Waals surface area contributed by atoms with Gasteiger partial charge < -0.3 is 58.1 Å². The Hall–Kier alpha value is -5.55. The van der Waals surface area contributed by atoms with Crippen LogP contribution in [0, 0.1) is 35.5 Å². The predicted octanol–water partition coefficient (Wildman–Crippen LogP) is 6.84. The molecule has 21 heteroatoms. The summed E-state index contributed by atoms with van der Waals surface area (Å²) >= 11 is 0. The molecule has 5 heterocycles. The number of carbonyl (C=O) groups is 7. The number of fused-ring (bicyclic) bond motifs is 3. The lowest BCUT2D eigenvalue weighted by atomic mass is 9.78. The van der Waals surface area contributed by atoms with Crippen molar-refractivity contribution in [2.45, 2.75) is 199 Å². The van der Waals surface area contributed by atoms with Crippen molar-refractivity contribution >= 4 is 47.1 Å². The fourth-order valence-electron chi connectivity index (χ4n) is 12.9. The Bertz CT molecular complexity index is 2600. The number of methoxy groups -OCH3 is 4. The first-order chi connectivity index (χ1) is 41.5. The molecule has 2 amide bonds. The van der Waals surface area contributed by atoms with E-state index in [-0.39, 0.29) is 61.1 Å². The first-order valence-corrected chi connectivity index (χ1v) is 31.5. The molecule has 2 N–H and O–H groups in total. The van der Waals surface area contributed by atoms with Gasteiger partial charge in [-0.25, -0.2) is 14.8 Å². The SMILES string of the molecule is COCCC(=O)N1CCN(c2ncc(CCC(=O)O[C@@H]3CC[C@@H](C[C@@H](C)[C@@H]4CC(=O)[C@H](C)/C=C(\C)[C@@H](O)[C@@H](OC)C(=O)[C@H](C)C[C@H](C)/C=C/C=C/C=C(\C)[C@@H](OC)C[C@@H]5CC[C@@H](C)[C@@](O)(O5)C(=O)C(=O)N5CCCC[C@H]5C(=O)O4)C[C@H]3OC)cn2)CC1. The number of piperidine rings is 1. The number of aromatic nitrogens is 2. The zero-order valence-electron chi connectivity index (χ0n) is 53.4. The smallest absolute Gasteiger partial charge is 0.329 e. The number of aryl methyl sites for hydroxylation is 1. The first kappa shape index (κ1) is 70.5. The summed E-state index contributed by atoms with van der Waals surface area (Å²) < 4.78 is 41.1. The second-order valence-corrected chi connectivity index (χ2v) is 25.1. The fourth-order valence-corrected chi connectivity index (χ4v) is 12.9. The van der Waals surface area contributed by atoms with Gasteiger partial charge in [0.15, 0.2) is 5.78 Å². The highest BCUT2D eigenvalue weighted by molar-refractivity contribution is 6.39. The summed E-state index contributed by atoms with van der Waals surface area (Å²) in [6, 6.07) is -1.20. The number of nitrogens with zero attached hydrogens (tertiary/aromatic N) is 5. The van der Waals surface area contributed by atoms with Crippen molar-refractivity contribution in [3.63, 3.8) is 0 Å². The van der Waals surface area contributed by atoms with Crippen molar-refractivity contribution in [3.05, 3.63) is 65.6 Å². The molecule has 5 aliphatic rings. The molecule has 4 aliphatic heterocycles. The van der Waals surface area contributed by atoms with Crippen LogP contribution in [0.3, 0.4) is 0 Å². The van der Waals surface area contributed by atoms with E-state index in [0.29, 0.717) is 121 Å². The van der Waals surface area contributed by atoms with Crippen LogP contribution >= 0.6 is 0 Å². The topological polar surface area (TPSA) is 260 Å². The van der Waals surface area contributed by atoms with Crippen LogP contribution in [0.4, 0.5) is 5.95 Å². The molecular weight excluding hydrogens is 1120 g/mol. The highest BCUT2D eigenvalue weighted by Gasteiger charge is 2.53. The van der Waals surface area contributed by atoms with E-state index in [1.165, 1.54) is 12.0 Å². The molecule has 4 fully saturated rings. The summed E-state index contributed by atoms with van der Waals surface area (Å²) in [4.78, 5) is 112. The number of hydrogen-bond acceptors (Lipinski definition) is 19. The maximum atomic E-state index is 14.7. The van der Waals surface area contributed by atoms with Crippen LogP contribution in [0.15, 0.2) is 60.0 Å². The van der Waals surface area contributed by atoms with Gasteiger partial charge in [-0.15, -0.1) is 0 Å². The molecule has 1 aromatic heterocycles. The van der Waals surface area contributed by atoms with Crippen LogP contribution in [-0.4, -0.2) is 193 Å². The minimum Gasteiger partial charge on any atom is -0.460 e. The van der Waals surface area contributed by atoms with E-state index in [1.807, 2.05) is 67.9 Å². The predicted molar refractivity (Wildman–Crippen MR) is 325 cm³/mol. The van der Waals surface area contributed by atoms with Gasteiger partial charge in [0.1, 0.15) is 36.2 Å². The molecule has 6 rings (SSSR count). The van der Waals surface area contributed by atoms with Gasteiger partial charge in [0.25, 0.3) is 11.7 Å². The summed E-state index contributed by atoms with van der Waals surface area (Å²) in [6.45, 7) is 15.4. The normalized spacial score (nSPS) is 34.1. The lowest BCUT2D eigenvalue weighted by Crippen LogP contribution is -2.61. The van der Waals surface area contributed by atoms with Crippen molar-refractivity contribution in [1.82, 2.24) is 19.8 Å². The van der Waals surface area contributed by atoms with Gasteiger partial charge in [-0.3, -0.25) is 28.8 Å². The number of anilines is 1. The molecular formula is C66H99N5O16.